The third-order valence-corrected chi connectivity index (χ3v) is 6.19. The van der Waals surface area contributed by atoms with Gasteiger partial charge in [-0.05, 0) is 55.8 Å². The van der Waals surface area contributed by atoms with Crippen LogP contribution >= 0.6 is 0 Å². The first-order chi connectivity index (χ1) is 18.1. The van der Waals surface area contributed by atoms with Crippen LogP contribution in [-0.2, 0) is 23.7 Å². The Bertz CT molecular complexity index is 1480. The average molecular weight is 547 g/mol. The van der Waals surface area contributed by atoms with Crippen molar-refractivity contribution in [1.29, 1.82) is 5.26 Å². The molecular formula is C26H19F6N5O2. The number of alkyl halides is 6. The summed E-state index contributed by atoms with van der Waals surface area (Å²) in [6.07, 6.45) is -8.49. The number of carbonyl (C=O) groups excluding carboxylic acids is 2. The van der Waals surface area contributed by atoms with Crippen LogP contribution in [0.3, 0.4) is 0 Å². The Morgan fingerprint density at radius 1 is 0.974 bits per heavy atom. The molecule has 7 nitrogen and oxygen atoms in total. The van der Waals surface area contributed by atoms with Gasteiger partial charge in [0.05, 0.1) is 41.3 Å². The summed E-state index contributed by atoms with van der Waals surface area (Å²) in [5.41, 5.74) is -3.69. The number of imide groups is 1. The van der Waals surface area contributed by atoms with Gasteiger partial charge in [-0.1, -0.05) is 18.2 Å². The molecule has 0 spiro atoms. The van der Waals surface area contributed by atoms with E-state index in [2.05, 4.69) is 10.3 Å². The molecule has 39 heavy (non-hydrogen) atoms. The molecule has 2 aromatic carbocycles. The molecule has 0 saturated carbocycles. The number of carbonyl (C=O) groups is 2. The van der Waals surface area contributed by atoms with Gasteiger partial charge < -0.3 is 10.2 Å². The summed E-state index contributed by atoms with van der Waals surface area (Å²) in [5.74, 6) is -0.775. The summed E-state index contributed by atoms with van der Waals surface area (Å²) in [7, 11) is 0. The van der Waals surface area contributed by atoms with Crippen LogP contribution in [0.1, 0.15) is 36.2 Å². The fraction of sp³-hybridized carbons (Fsp3) is 0.231. The number of hydrogen-bond donors (Lipinski definition) is 1. The third kappa shape index (κ3) is 5.22. The Kier molecular flexibility index (Phi) is 6.76. The molecule has 1 saturated heterocycles. The minimum Gasteiger partial charge on any atom is -0.354 e. The number of hydrogen-bond acceptors (Lipinski definition) is 5. The molecule has 1 aromatic heterocycles. The highest BCUT2D eigenvalue weighted by atomic mass is 19.4. The van der Waals surface area contributed by atoms with Crippen molar-refractivity contribution in [3.05, 3.63) is 83.2 Å². The zero-order valence-electron chi connectivity index (χ0n) is 20.4. The van der Waals surface area contributed by atoms with E-state index < -0.39 is 46.7 Å². The molecule has 2 heterocycles. The van der Waals surface area contributed by atoms with Gasteiger partial charge in [0.2, 0.25) is 0 Å². The molecule has 1 aliphatic heterocycles. The summed E-state index contributed by atoms with van der Waals surface area (Å²) >= 11 is 0. The molecule has 1 aliphatic rings. The number of urea groups is 1. The number of rotatable bonds is 5. The predicted octanol–water partition coefficient (Wildman–Crippen LogP) is 6.48. The van der Waals surface area contributed by atoms with Gasteiger partial charge in [-0.2, -0.15) is 31.6 Å². The highest BCUT2D eigenvalue weighted by molar-refractivity contribution is 6.23. The summed E-state index contributed by atoms with van der Waals surface area (Å²) in [4.78, 5) is 31.8. The molecule has 13 heteroatoms. The number of anilines is 3. The first kappa shape index (κ1) is 27.4. The third-order valence-electron chi connectivity index (χ3n) is 6.19. The lowest BCUT2D eigenvalue weighted by atomic mass is 10.0. The van der Waals surface area contributed by atoms with Crippen LogP contribution in [0.15, 0.2) is 60.8 Å². The molecule has 202 valence electrons. The Labute approximate surface area is 218 Å². The van der Waals surface area contributed by atoms with Crippen molar-refractivity contribution in [1.82, 2.24) is 9.88 Å². The van der Waals surface area contributed by atoms with E-state index in [9.17, 15) is 35.9 Å². The van der Waals surface area contributed by atoms with Crippen molar-refractivity contribution in [2.24, 2.45) is 0 Å². The summed E-state index contributed by atoms with van der Waals surface area (Å²) in [5, 5.41) is 12.0. The number of para-hydroxylation sites is 1. The van der Waals surface area contributed by atoms with Crippen LogP contribution in [0.2, 0.25) is 0 Å². The summed E-state index contributed by atoms with van der Waals surface area (Å²) in [6, 6.07) is 11.7. The Morgan fingerprint density at radius 3 is 2.26 bits per heavy atom. The van der Waals surface area contributed by atoms with Crippen LogP contribution in [0, 0.1) is 11.3 Å². The van der Waals surface area contributed by atoms with Gasteiger partial charge in [-0.3, -0.25) is 4.79 Å². The molecular weight excluding hydrogens is 528 g/mol. The normalized spacial score (nSPS) is 15.5. The summed E-state index contributed by atoms with van der Waals surface area (Å²) < 4.78 is 79.0. The fourth-order valence-electron chi connectivity index (χ4n) is 4.07. The van der Waals surface area contributed by atoms with E-state index in [1.54, 1.807) is 24.3 Å². The van der Waals surface area contributed by atoms with Gasteiger partial charge in [0.1, 0.15) is 11.2 Å². The first-order valence-corrected chi connectivity index (χ1v) is 11.3. The molecule has 1 fully saturated rings. The second-order valence-electron chi connectivity index (χ2n) is 9.12. The van der Waals surface area contributed by atoms with Gasteiger partial charge in [-0.15, -0.1) is 0 Å². The van der Waals surface area contributed by atoms with E-state index >= 15 is 0 Å². The smallest absolute Gasteiger partial charge is 0.354 e. The molecule has 3 amide bonds. The maximum Gasteiger partial charge on any atom is 0.433 e. The highest BCUT2D eigenvalue weighted by Crippen LogP contribution is 2.39. The Hall–Kier alpha value is -4.60. The van der Waals surface area contributed by atoms with E-state index in [0.29, 0.717) is 22.2 Å². The van der Waals surface area contributed by atoms with E-state index in [-0.39, 0.29) is 17.9 Å². The minimum absolute atomic E-state index is 0.159. The van der Waals surface area contributed by atoms with Crippen LogP contribution in [-0.4, -0.2) is 27.4 Å². The van der Waals surface area contributed by atoms with Gasteiger partial charge in [0.25, 0.3) is 5.91 Å². The number of benzene rings is 2. The lowest BCUT2D eigenvalue weighted by molar-refractivity contribution is -0.141. The van der Waals surface area contributed by atoms with E-state index in [0.717, 1.165) is 24.4 Å². The maximum atomic E-state index is 13.5. The van der Waals surface area contributed by atoms with Crippen molar-refractivity contribution in [2.75, 3.05) is 10.2 Å². The van der Waals surface area contributed by atoms with E-state index in [1.165, 1.54) is 30.9 Å². The topological polar surface area (TPSA) is 89.3 Å². The van der Waals surface area contributed by atoms with Crippen molar-refractivity contribution in [2.45, 2.75) is 38.3 Å². The molecule has 1 N–H and O–H groups in total. The SMILES string of the molecule is CC1(C)C(=O)N(c2ccc(C#N)c(C(F)(F)F)c2)C(=O)N1Cc1ccccc1Nc1ccc(C(F)(F)F)nc1. The minimum atomic E-state index is -4.89. The predicted molar refractivity (Wildman–Crippen MR) is 128 cm³/mol. The van der Waals surface area contributed by atoms with Gasteiger partial charge in [0.15, 0.2) is 0 Å². The molecule has 0 atom stereocenters. The standard InChI is InChI=1S/C26H19F6N5O2/c1-24(2)22(38)37(18-9-7-15(12-33)19(11-18)25(27,28)29)23(39)36(24)14-16-5-3-4-6-20(16)35-17-8-10-21(34-13-17)26(30,31)32/h3-11,13,35H,14H2,1-2H3. The van der Waals surface area contributed by atoms with Crippen molar-refractivity contribution in [3.63, 3.8) is 0 Å². The molecule has 0 radical (unpaired) electrons. The number of nitrogens with zero attached hydrogens (tertiary/aromatic N) is 4. The number of nitriles is 1. The zero-order valence-corrected chi connectivity index (χ0v) is 20.4. The summed E-state index contributed by atoms with van der Waals surface area (Å²) in [6.45, 7) is 2.72. The van der Waals surface area contributed by atoms with E-state index in [1.807, 2.05) is 0 Å². The number of pyridine rings is 1. The Morgan fingerprint density at radius 2 is 1.67 bits per heavy atom. The number of amides is 3. The molecule has 0 aliphatic carbocycles. The monoisotopic (exact) mass is 547 g/mol. The molecule has 4 rings (SSSR count). The molecule has 0 unspecified atom stereocenters. The van der Waals surface area contributed by atoms with Gasteiger partial charge >= 0.3 is 18.4 Å². The van der Waals surface area contributed by atoms with Gasteiger partial charge in [-0.25, -0.2) is 14.7 Å². The lowest BCUT2D eigenvalue weighted by Gasteiger charge is -2.28. The zero-order chi connectivity index (χ0) is 28.8. The van der Waals surface area contributed by atoms with Crippen LogP contribution < -0.4 is 10.2 Å². The van der Waals surface area contributed by atoms with Crippen LogP contribution in [0.4, 0.5) is 48.2 Å². The number of nitrogens with one attached hydrogen (secondary N) is 1. The Balaban J connectivity index is 1.64. The first-order valence-electron chi connectivity index (χ1n) is 11.3. The second-order valence-corrected chi connectivity index (χ2v) is 9.12. The maximum absolute atomic E-state index is 13.5. The number of aromatic nitrogens is 1. The fourth-order valence-corrected chi connectivity index (χ4v) is 4.07. The molecule has 0 bridgehead atoms. The number of halogens is 6. The highest BCUT2D eigenvalue weighted by Gasteiger charge is 2.52. The van der Waals surface area contributed by atoms with Gasteiger partial charge in [0, 0.05) is 5.69 Å². The average Bonchev–Trinajstić information content (AvgIpc) is 3.03. The van der Waals surface area contributed by atoms with Crippen molar-refractivity contribution >= 4 is 29.0 Å². The van der Waals surface area contributed by atoms with Crippen LogP contribution in [0.5, 0.6) is 0 Å². The lowest BCUT2D eigenvalue weighted by Crippen LogP contribution is -2.43. The van der Waals surface area contributed by atoms with E-state index in [4.69, 9.17) is 5.26 Å². The van der Waals surface area contributed by atoms with Crippen molar-refractivity contribution in [3.8, 4) is 6.07 Å². The largest absolute Gasteiger partial charge is 0.433 e. The molecule has 3 aromatic rings. The van der Waals surface area contributed by atoms with Crippen molar-refractivity contribution < 1.29 is 35.9 Å². The second kappa shape index (κ2) is 9.61. The quantitative estimate of drug-likeness (QED) is 0.292. The van der Waals surface area contributed by atoms with Crippen LogP contribution in [0.25, 0.3) is 0 Å².